The Balaban J connectivity index is 2.42. The fourth-order valence-corrected chi connectivity index (χ4v) is 3.54. The van der Waals surface area contributed by atoms with Crippen molar-refractivity contribution in [2.45, 2.75) is 24.8 Å². The first-order chi connectivity index (χ1) is 9.35. The zero-order chi connectivity index (χ0) is 14.9. The molecule has 5 N–H and O–H groups in total. The molecule has 1 aromatic heterocycles. The van der Waals surface area contributed by atoms with E-state index in [9.17, 15) is 13.5 Å². The highest BCUT2D eigenvalue weighted by molar-refractivity contribution is 7.89. The quantitative estimate of drug-likeness (QED) is 0.618. The van der Waals surface area contributed by atoms with Crippen LogP contribution in [0.4, 0.5) is 5.69 Å². The van der Waals surface area contributed by atoms with Crippen molar-refractivity contribution in [3.8, 4) is 0 Å². The van der Waals surface area contributed by atoms with Crippen molar-refractivity contribution in [3.63, 3.8) is 0 Å². The van der Waals surface area contributed by atoms with E-state index in [1.807, 2.05) is 13.8 Å². The van der Waals surface area contributed by atoms with E-state index < -0.39 is 16.1 Å². The number of fused-ring (bicyclic) bond motifs is 1. The van der Waals surface area contributed by atoms with Gasteiger partial charge in [-0.25, -0.2) is 13.1 Å². The van der Waals surface area contributed by atoms with Gasteiger partial charge in [-0.1, -0.05) is 13.8 Å². The van der Waals surface area contributed by atoms with E-state index in [2.05, 4.69) is 9.71 Å². The van der Waals surface area contributed by atoms with E-state index in [1.165, 1.54) is 6.20 Å². The average Bonchev–Trinajstić information content (AvgIpc) is 2.79. The zero-order valence-corrected chi connectivity index (χ0v) is 12.2. The summed E-state index contributed by atoms with van der Waals surface area (Å²) in [6.45, 7) is 3.45. The van der Waals surface area contributed by atoms with Crippen LogP contribution in [0.2, 0.25) is 0 Å². The van der Waals surface area contributed by atoms with Crippen LogP contribution in [-0.4, -0.2) is 31.2 Å². The second-order valence-corrected chi connectivity index (χ2v) is 6.79. The van der Waals surface area contributed by atoms with Crippen molar-refractivity contribution in [2.24, 2.45) is 5.92 Å². The first-order valence-corrected chi connectivity index (χ1v) is 7.83. The molecule has 7 heteroatoms. The first-order valence-electron chi connectivity index (χ1n) is 6.35. The third kappa shape index (κ3) is 2.79. The molecule has 0 saturated heterocycles. The second kappa shape index (κ2) is 5.43. The van der Waals surface area contributed by atoms with E-state index in [0.29, 0.717) is 16.6 Å². The van der Waals surface area contributed by atoms with Gasteiger partial charge in [-0.2, -0.15) is 0 Å². The van der Waals surface area contributed by atoms with Gasteiger partial charge in [0.15, 0.2) is 0 Å². The lowest BCUT2D eigenvalue weighted by Crippen LogP contribution is -2.40. The molecule has 0 unspecified atom stereocenters. The highest BCUT2D eigenvalue weighted by Crippen LogP contribution is 2.24. The molecule has 2 rings (SSSR count). The highest BCUT2D eigenvalue weighted by atomic mass is 32.2. The summed E-state index contributed by atoms with van der Waals surface area (Å²) in [7, 11) is -3.69. The summed E-state index contributed by atoms with van der Waals surface area (Å²) in [5, 5.41) is 9.83. The summed E-state index contributed by atoms with van der Waals surface area (Å²) in [4.78, 5) is 3.05. The van der Waals surface area contributed by atoms with Gasteiger partial charge in [-0.3, -0.25) is 0 Å². The van der Waals surface area contributed by atoms with Crippen LogP contribution in [-0.2, 0) is 10.0 Å². The lowest BCUT2D eigenvalue weighted by molar-refractivity contribution is 0.228. The number of sulfonamides is 1. The Hall–Kier alpha value is -1.57. The largest absolute Gasteiger partial charge is 0.399 e. The van der Waals surface area contributed by atoms with Crippen molar-refractivity contribution >= 4 is 26.6 Å². The molecule has 6 nitrogen and oxygen atoms in total. The van der Waals surface area contributed by atoms with Crippen LogP contribution in [0.25, 0.3) is 10.9 Å². The Kier molecular flexibility index (Phi) is 4.03. The number of rotatable bonds is 5. The Bertz CT molecular complexity index is 707. The molecule has 0 aliphatic rings. The molecular formula is C13H19N3O3S. The fraction of sp³-hybridized carbons (Fsp3) is 0.385. The lowest BCUT2D eigenvalue weighted by Gasteiger charge is -2.19. The van der Waals surface area contributed by atoms with Gasteiger partial charge in [0.05, 0.1) is 6.61 Å². The normalized spacial score (nSPS) is 14.0. The molecule has 1 aromatic carbocycles. The molecule has 1 atom stereocenters. The molecular weight excluding hydrogens is 278 g/mol. The van der Waals surface area contributed by atoms with Crippen LogP contribution >= 0.6 is 0 Å². The summed E-state index contributed by atoms with van der Waals surface area (Å²) >= 11 is 0. The van der Waals surface area contributed by atoms with E-state index in [-0.39, 0.29) is 17.4 Å². The van der Waals surface area contributed by atoms with Crippen molar-refractivity contribution in [1.82, 2.24) is 9.71 Å². The number of hydrogen-bond donors (Lipinski definition) is 4. The number of H-pyrrole nitrogens is 1. The predicted octanol–water partition coefficient (Wildman–Crippen LogP) is 1.05. The minimum absolute atomic E-state index is 0.00405. The van der Waals surface area contributed by atoms with Gasteiger partial charge in [0, 0.05) is 28.8 Å². The molecule has 0 aliphatic carbocycles. The number of aliphatic hydroxyl groups excluding tert-OH is 1. The summed E-state index contributed by atoms with van der Waals surface area (Å²) in [6, 6.07) is 4.49. The minimum Gasteiger partial charge on any atom is -0.399 e. The van der Waals surface area contributed by atoms with Gasteiger partial charge < -0.3 is 15.8 Å². The van der Waals surface area contributed by atoms with Gasteiger partial charge in [-0.05, 0) is 24.1 Å². The van der Waals surface area contributed by atoms with Gasteiger partial charge in [0.1, 0.15) is 4.90 Å². The van der Waals surface area contributed by atoms with E-state index in [1.54, 1.807) is 18.2 Å². The van der Waals surface area contributed by atoms with Crippen LogP contribution in [0.1, 0.15) is 13.8 Å². The smallest absolute Gasteiger partial charge is 0.243 e. The summed E-state index contributed by atoms with van der Waals surface area (Å²) in [5.74, 6) is -0.00405. The number of nitrogen functional groups attached to an aromatic ring is 1. The number of benzene rings is 1. The summed E-state index contributed by atoms with van der Waals surface area (Å²) in [5.41, 5.74) is 6.89. The number of nitrogens with one attached hydrogen (secondary N) is 2. The zero-order valence-electron chi connectivity index (χ0n) is 11.4. The first kappa shape index (κ1) is 14.8. The topological polar surface area (TPSA) is 108 Å². The molecule has 1 heterocycles. The number of aliphatic hydroxyl groups is 1. The number of aromatic nitrogens is 1. The standard InChI is InChI=1S/C13H19N3O3S/c1-8(2)12(7-17)16-20(18,19)13-6-15-11-5-9(14)3-4-10(11)13/h3-6,8,12,15-17H,7,14H2,1-2H3/t12-/m1/s1. The third-order valence-electron chi connectivity index (χ3n) is 3.27. The van der Waals surface area contributed by atoms with Crippen molar-refractivity contribution < 1.29 is 13.5 Å². The summed E-state index contributed by atoms with van der Waals surface area (Å²) < 4.78 is 27.3. The Morgan fingerprint density at radius 1 is 1.40 bits per heavy atom. The minimum atomic E-state index is -3.69. The summed E-state index contributed by atoms with van der Waals surface area (Å²) in [6.07, 6.45) is 1.43. The lowest BCUT2D eigenvalue weighted by atomic mass is 10.1. The van der Waals surface area contributed by atoms with Gasteiger partial charge in [-0.15, -0.1) is 0 Å². The molecule has 0 bridgehead atoms. The van der Waals surface area contributed by atoms with E-state index in [4.69, 9.17) is 5.73 Å². The molecule has 0 radical (unpaired) electrons. The fourth-order valence-electron chi connectivity index (χ4n) is 1.99. The van der Waals surface area contributed by atoms with Crippen LogP contribution in [0.5, 0.6) is 0 Å². The third-order valence-corrected chi connectivity index (χ3v) is 4.80. The van der Waals surface area contributed by atoms with Gasteiger partial charge >= 0.3 is 0 Å². The molecule has 2 aromatic rings. The molecule has 110 valence electrons. The average molecular weight is 297 g/mol. The Labute approximate surface area is 118 Å². The SMILES string of the molecule is CC(C)[C@@H](CO)NS(=O)(=O)c1c[nH]c2cc(N)ccc12. The van der Waals surface area contributed by atoms with Crippen LogP contribution in [0.15, 0.2) is 29.3 Å². The van der Waals surface area contributed by atoms with E-state index in [0.717, 1.165) is 0 Å². The van der Waals surface area contributed by atoms with Crippen molar-refractivity contribution in [3.05, 3.63) is 24.4 Å². The Morgan fingerprint density at radius 3 is 2.70 bits per heavy atom. The maximum absolute atomic E-state index is 12.4. The molecule has 0 saturated carbocycles. The van der Waals surface area contributed by atoms with Crippen LogP contribution in [0.3, 0.4) is 0 Å². The van der Waals surface area contributed by atoms with Crippen molar-refractivity contribution in [2.75, 3.05) is 12.3 Å². The number of aromatic amines is 1. The van der Waals surface area contributed by atoms with Crippen LogP contribution < -0.4 is 10.5 Å². The molecule has 0 spiro atoms. The molecule has 0 fully saturated rings. The molecule has 20 heavy (non-hydrogen) atoms. The monoisotopic (exact) mass is 297 g/mol. The second-order valence-electron chi connectivity index (χ2n) is 5.11. The predicted molar refractivity (Wildman–Crippen MR) is 78.7 cm³/mol. The maximum atomic E-state index is 12.4. The molecule has 0 aliphatic heterocycles. The molecule has 0 amide bonds. The van der Waals surface area contributed by atoms with Gasteiger partial charge in [0.25, 0.3) is 0 Å². The Morgan fingerprint density at radius 2 is 2.10 bits per heavy atom. The maximum Gasteiger partial charge on any atom is 0.243 e. The number of hydrogen-bond acceptors (Lipinski definition) is 4. The van der Waals surface area contributed by atoms with Crippen LogP contribution in [0, 0.1) is 5.92 Å². The number of nitrogens with two attached hydrogens (primary N) is 1. The van der Waals surface area contributed by atoms with Crippen molar-refractivity contribution in [1.29, 1.82) is 0 Å². The van der Waals surface area contributed by atoms with E-state index >= 15 is 0 Å². The van der Waals surface area contributed by atoms with Gasteiger partial charge in [0.2, 0.25) is 10.0 Å². The highest BCUT2D eigenvalue weighted by Gasteiger charge is 2.24. The number of anilines is 1.